The topological polar surface area (TPSA) is 36.4 Å². The molecule has 0 saturated carbocycles. The second kappa shape index (κ2) is 5.27. The molecule has 1 rings (SSSR count). The Bertz CT molecular complexity index is 295. The predicted molar refractivity (Wildman–Crippen MR) is 60.0 cm³/mol. The van der Waals surface area contributed by atoms with E-state index in [1.807, 2.05) is 37.3 Å². The van der Waals surface area contributed by atoms with Crippen LogP contribution in [0, 0.1) is 0 Å². The number of hydrogen-bond donors (Lipinski definition) is 2. The molecule has 0 saturated heterocycles. The molecule has 1 aromatic carbocycles. The van der Waals surface area contributed by atoms with Crippen molar-refractivity contribution in [2.75, 3.05) is 5.32 Å². The molecule has 1 aromatic rings. The first-order valence-electron chi connectivity index (χ1n) is 3.92. The van der Waals surface area contributed by atoms with Crippen LogP contribution in [0.15, 0.2) is 35.4 Å². The highest BCUT2D eigenvalue weighted by molar-refractivity contribution is 7.80. The molecule has 0 radical (unpaired) electrons. The lowest BCUT2D eigenvalue weighted by molar-refractivity contribution is 1.05. The highest BCUT2D eigenvalue weighted by Crippen LogP contribution is 2.03. The van der Waals surface area contributed by atoms with Gasteiger partial charge in [-0.15, -0.1) is 0 Å². The number of nitrogens with zero attached hydrogens (tertiary/aromatic N) is 1. The van der Waals surface area contributed by atoms with Gasteiger partial charge in [-0.25, -0.2) is 0 Å². The largest absolute Gasteiger partial charge is 0.331 e. The van der Waals surface area contributed by atoms with Gasteiger partial charge in [-0.05, 0) is 31.3 Å². The Balaban J connectivity index is 2.46. The van der Waals surface area contributed by atoms with Crippen LogP contribution in [0.4, 0.5) is 5.69 Å². The average molecular weight is 193 g/mol. The van der Waals surface area contributed by atoms with E-state index < -0.39 is 0 Å². The summed E-state index contributed by atoms with van der Waals surface area (Å²) < 4.78 is 0. The van der Waals surface area contributed by atoms with E-state index in [4.69, 9.17) is 12.2 Å². The molecule has 4 heteroatoms. The fourth-order valence-electron chi connectivity index (χ4n) is 0.804. The summed E-state index contributed by atoms with van der Waals surface area (Å²) in [6, 6.07) is 9.70. The van der Waals surface area contributed by atoms with Crippen molar-refractivity contribution in [3.8, 4) is 0 Å². The first-order valence-corrected chi connectivity index (χ1v) is 4.33. The third-order valence-corrected chi connectivity index (χ3v) is 1.52. The van der Waals surface area contributed by atoms with Gasteiger partial charge in [-0.3, -0.25) is 5.43 Å². The molecule has 0 bridgehead atoms. The molecular weight excluding hydrogens is 182 g/mol. The van der Waals surface area contributed by atoms with E-state index in [0.717, 1.165) is 5.69 Å². The third kappa shape index (κ3) is 3.66. The van der Waals surface area contributed by atoms with Gasteiger partial charge in [-0.1, -0.05) is 18.2 Å². The fraction of sp³-hybridized carbons (Fsp3) is 0.111. The van der Waals surface area contributed by atoms with E-state index in [2.05, 4.69) is 15.8 Å². The molecule has 3 nitrogen and oxygen atoms in total. The first kappa shape index (κ1) is 9.67. The van der Waals surface area contributed by atoms with Crippen LogP contribution >= 0.6 is 12.2 Å². The zero-order valence-electron chi connectivity index (χ0n) is 7.32. The number of anilines is 1. The van der Waals surface area contributed by atoms with Crippen LogP contribution in [0.2, 0.25) is 0 Å². The molecule has 0 spiro atoms. The maximum absolute atomic E-state index is 4.97. The number of hydrogen-bond acceptors (Lipinski definition) is 2. The van der Waals surface area contributed by atoms with Gasteiger partial charge in [0.05, 0.1) is 0 Å². The number of para-hydroxylation sites is 1. The van der Waals surface area contributed by atoms with Crippen LogP contribution in [0.3, 0.4) is 0 Å². The maximum atomic E-state index is 4.97. The Morgan fingerprint density at radius 2 is 2.08 bits per heavy atom. The molecule has 0 amide bonds. The second-order valence-electron chi connectivity index (χ2n) is 2.32. The lowest BCUT2D eigenvalue weighted by atomic mass is 10.3. The fourth-order valence-corrected chi connectivity index (χ4v) is 0.974. The zero-order chi connectivity index (χ0) is 9.52. The normalized spacial score (nSPS) is 9.92. The molecule has 0 aromatic heterocycles. The van der Waals surface area contributed by atoms with Crippen LogP contribution in [-0.2, 0) is 0 Å². The molecule has 0 aliphatic heterocycles. The van der Waals surface area contributed by atoms with E-state index in [1.165, 1.54) is 0 Å². The number of rotatable bonds is 2. The van der Waals surface area contributed by atoms with Gasteiger partial charge in [-0.2, -0.15) is 5.10 Å². The smallest absolute Gasteiger partial charge is 0.191 e. The van der Waals surface area contributed by atoms with Crippen molar-refractivity contribution in [1.82, 2.24) is 5.43 Å². The van der Waals surface area contributed by atoms with Gasteiger partial charge in [0.25, 0.3) is 0 Å². The minimum absolute atomic E-state index is 0.490. The van der Waals surface area contributed by atoms with E-state index in [0.29, 0.717) is 5.11 Å². The lowest BCUT2D eigenvalue weighted by Crippen LogP contribution is -2.23. The van der Waals surface area contributed by atoms with Gasteiger partial charge < -0.3 is 5.32 Å². The Labute approximate surface area is 82.9 Å². The summed E-state index contributed by atoms with van der Waals surface area (Å²) in [4.78, 5) is 0. The van der Waals surface area contributed by atoms with Gasteiger partial charge in [0.2, 0.25) is 0 Å². The lowest BCUT2D eigenvalue weighted by Gasteiger charge is -2.05. The Morgan fingerprint density at radius 3 is 2.69 bits per heavy atom. The van der Waals surface area contributed by atoms with Gasteiger partial charge in [0.15, 0.2) is 5.11 Å². The highest BCUT2D eigenvalue weighted by atomic mass is 32.1. The quantitative estimate of drug-likeness (QED) is 0.428. The van der Waals surface area contributed by atoms with E-state index in [1.54, 1.807) is 6.21 Å². The molecule has 0 heterocycles. The molecule has 0 aliphatic carbocycles. The second-order valence-corrected chi connectivity index (χ2v) is 2.73. The van der Waals surface area contributed by atoms with Crippen molar-refractivity contribution in [2.45, 2.75) is 6.92 Å². The van der Waals surface area contributed by atoms with Crippen molar-refractivity contribution >= 4 is 29.2 Å². The molecule has 0 fully saturated rings. The van der Waals surface area contributed by atoms with Gasteiger partial charge >= 0.3 is 0 Å². The molecule has 68 valence electrons. The summed E-state index contributed by atoms with van der Waals surface area (Å²) in [6.07, 6.45) is 1.64. The summed E-state index contributed by atoms with van der Waals surface area (Å²) in [5, 5.41) is 7.26. The maximum Gasteiger partial charge on any atom is 0.191 e. The summed E-state index contributed by atoms with van der Waals surface area (Å²) >= 11 is 4.97. The molecule has 0 atom stereocenters. The summed E-state index contributed by atoms with van der Waals surface area (Å²) in [6.45, 7) is 1.82. The number of benzene rings is 1. The van der Waals surface area contributed by atoms with E-state index in [9.17, 15) is 0 Å². The van der Waals surface area contributed by atoms with Crippen molar-refractivity contribution < 1.29 is 0 Å². The summed E-state index contributed by atoms with van der Waals surface area (Å²) in [5.41, 5.74) is 3.62. The monoisotopic (exact) mass is 193 g/mol. The van der Waals surface area contributed by atoms with Crippen LogP contribution in [-0.4, -0.2) is 11.3 Å². The van der Waals surface area contributed by atoms with Crippen molar-refractivity contribution in [3.63, 3.8) is 0 Å². The summed E-state index contributed by atoms with van der Waals surface area (Å²) in [5.74, 6) is 0. The van der Waals surface area contributed by atoms with Crippen molar-refractivity contribution in [3.05, 3.63) is 30.3 Å². The third-order valence-electron chi connectivity index (χ3n) is 1.33. The van der Waals surface area contributed by atoms with Crippen LogP contribution in [0.1, 0.15) is 6.92 Å². The highest BCUT2D eigenvalue weighted by Gasteiger charge is 1.92. The van der Waals surface area contributed by atoms with Crippen molar-refractivity contribution in [1.29, 1.82) is 0 Å². The van der Waals surface area contributed by atoms with E-state index in [-0.39, 0.29) is 0 Å². The Hall–Kier alpha value is -1.42. The van der Waals surface area contributed by atoms with Crippen LogP contribution in [0.5, 0.6) is 0 Å². The minimum atomic E-state index is 0.490. The number of nitrogens with one attached hydrogen (secondary N) is 2. The minimum Gasteiger partial charge on any atom is -0.331 e. The van der Waals surface area contributed by atoms with E-state index >= 15 is 0 Å². The Morgan fingerprint density at radius 1 is 1.38 bits per heavy atom. The summed E-state index contributed by atoms with van der Waals surface area (Å²) in [7, 11) is 0. The van der Waals surface area contributed by atoms with Gasteiger partial charge in [0.1, 0.15) is 0 Å². The Kier molecular flexibility index (Phi) is 3.92. The molecule has 2 N–H and O–H groups in total. The predicted octanol–water partition coefficient (Wildman–Crippen LogP) is 1.98. The first-order chi connectivity index (χ1) is 6.33. The van der Waals surface area contributed by atoms with Crippen molar-refractivity contribution in [2.24, 2.45) is 5.10 Å². The van der Waals surface area contributed by atoms with Crippen LogP contribution < -0.4 is 10.7 Å². The molecule has 0 aliphatic rings. The molecular formula is C9H11N3S. The molecule has 0 unspecified atom stereocenters. The SMILES string of the molecule is CC=NNC(=S)Nc1ccccc1. The molecule has 13 heavy (non-hydrogen) atoms. The average Bonchev–Trinajstić information content (AvgIpc) is 2.16. The standard InChI is InChI=1S/C9H11N3S/c1-2-10-12-9(13)11-8-6-4-3-5-7-8/h2-7H,1H3,(H2,11,12,13). The zero-order valence-corrected chi connectivity index (χ0v) is 8.14. The van der Waals surface area contributed by atoms with Gasteiger partial charge in [0, 0.05) is 11.9 Å². The number of hydrazone groups is 1. The number of thiocarbonyl (C=S) groups is 1. The van der Waals surface area contributed by atoms with Crippen LogP contribution in [0.25, 0.3) is 0 Å².